The molecular weight excluding hydrogens is 390 g/mol. The van der Waals surface area contributed by atoms with E-state index in [1.165, 1.54) is 0 Å². The standard InChI is InChI=1S/C21H23N3O4S/c1-14-11-17(24-28-14)23-18(25)13-27-20(26)21(9-5-2-6-10-21)12-19-22-15-7-3-4-8-16(15)29-19/h3-4,7-8,11H,2,5-6,9-10,12-13H2,1H3,(H,23,24,25). The summed E-state index contributed by atoms with van der Waals surface area (Å²) in [7, 11) is 0. The van der Waals surface area contributed by atoms with E-state index in [1.54, 1.807) is 24.3 Å². The highest BCUT2D eigenvalue weighted by molar-refractivity contribution is 7.18. The van der Waals surface area contributed by atoms with Crippen LogP contribution in [0.15, 0.2) is 34.9 Å². The second-order valence-corrected chi connectivity index (χ2v) is 8.66. The van der Waals surface area contributed by atoms with Gasteiger partial charge in [-0.3, -0.25) is 9.59 Å². The van der Waals surface area contributed by atoms with Crippen LogP contribution in [0, 0.1) is 12.3 Å². The first-order chi connectivity index (χ1) is 14.0. The molecule has 152 valence electrons. The molecule has 1 aliphatic rings. The number of carbonyl (C=O) groups excluding carboxylic acids is 2. The van der Waals surface area contributed by atoms with Crippen LogP contribution in [0.25, 0.3) is 10.2 Å². The molecule has 1 aromatic carbocycles. The molecule has 0 spiro atoms. The van der Waals surface area contributed by atoms with E-state index in [1.807, 2.05) is 24.3 Å². The highest BCUT2D eigenvalue weighted by Crippen LogP contribution is 2.41. The molecule has 29 heavy (non-hydrogen) atoms. The van der Waals surface area contributed by atoms with E-state index in [9.17, 15) is 9.59 Å². The number of amides is 1. The summed E-state index contributed by atoms with van der Waals surface area (Å²) in [6.45, 7) is 1.39. The first-order valence-electron chi connectivity index (χ1n) is 9.79. The maximum Gasteiger partial charge on any atom is 0.313 e. The molecule has 8 heteroatoms. The SMILES string of the molecule is Cc1cc(NC(=O)COC(=O)C2(Cc3nc4ccccc4s3)CCCCC2)no1. The summed E-state index contributed by atoms with van der Waals surface area (Å²) in [5.41, 5.74) is 0.339. The Morgan fingerprint density at radius 3 is 2.76 bits per heavy atom. The van der Waals surface area contributed by atoms with Gasteiger partial charge in [0.2, 0.25) is 0 Å². The van der Waals surface area contributed by atoms with Gasteiger partial charge in [0.1, 0.15) is 5.76 Å². The fraction of sp³-hybridized carbons (Fsp3) is 0.429. The maximum absolute atomic E-state index is 13.0. The molecular formula is C21H23N3O4S. The van der Waals surface area contributed by atoms with E-state index in [2.05, 4.69) is 10.5 Å². The van der Waals surface area contributed by atoms with Crippen LogP contribution in [-0.2, 0) is 20.7 Å². The molecule has 0 unspecified atom stereocenters. The second-order valence-electron chi connectivity index (χ2n) is 7.54. The van der Waals surface area contributed by atoms with Crippen molar-refractivity contribution >= 4 is 39.2 Å². The molecule has 2 heterocycles. The number of hydrogen-bond donors (Lipinski definition) is 1. The molecule has 0 saturated heterocycles. The fourth-order valence-electron chi connectivity index (χ4n) is 3.86. The van der Waals surface area contributed by atoms with Gasteiger partial charge in [0.05, 0.1) is 20.6 Å². The van der Waals surface area contributed by atoms with Crippen molar-refractivity contribution in [2.24, 2.45) is 5.41 Å². The van der Waals surface area contributed by atoms with Crippen LogP contribution in [0.3, 0.4) is 0 Å². The molecule has 1 saturated carbocycles. The van der Waals surface area contributed by atoms with Gasteiger partial charge >= 0.3 is 5.97 Å². The van der Waals surface area contributed by atoms with Crippen LogP contribution < -0.4 is 5.32 Å². The van der Waals surface area contributed by atoms with Crippen LogP contribution >= 0.6 is 11.3 Å². The number of carbonyl (C=O) groups is 2. The first kappa shape index (κ1) is 19.6. The molecule has 3 aromatic rings. The lowest BCUT2D eigenvalue weighted by Crippen LogP contribution is -2.38. The predicted octanol–water partition coefficient (Wildman–Crippen LogP) is 4.27. The summed E-state index contributed by atoms with van der Waals surface area (Å²) in [5.74, 6) is 0.153. The Kier molecular flexibility index (Phi) is 5.62. The van der Waals surface area contributed by atoms with E-state index >= 15 is 0 Å². The maximum atomic E-state index is 13.0. The molecule has 1 N–H and O–H groups in total. The summed E-state index contributed by atoms with van der Waals surface area (Å²) in [4.78, 5) is 29.9. The Morgan fingerprint density at radius 1 is 1.24 bits per heavy atom. The quantitative estimate of drug-likeness (QED) is 0.607. The molecule has 2 aromatic heterocycles. The van der Waals surface area contributed by atoms with Crippen molar-refractivity contribution in [2.75, 3.05) is 11.9 Å². The first-order valence-corrected chi connectivity index (χ1v) is 10.6. The Hall–Kier alpha value is -2.74. The third kappa shape index (κ3) is 4.48. The zero-order valence-electron chi connectivity index (χ0n) is 16.3. The largest absolute Gasteiger partial charge is 0.455 e. The van der Waals surface area contributed by atoms with Crippen LogP contribution in [0.2, 0.25) is 0 Å². The third-order valence-corrected chi connectivity index (χ3v) is 6.34. The fourth-order valence-corrected chi connectivity index (χ4v) is 4.97. The minimum atomic E-state index is -0.614. The molecule has 1 aliphatic carbocycles. The number of hydrogen-bond acceptors (Lipinski definition) is 7. The Balaban J connectivity index is 1.43. The minimum Gasteiger partial charge on any atom is -0.455 e. The number of fused-ring (bicyclic) bond motifs is 1. The number of esters is 1. The topological polar surface area (TPSA) is 94.3 Å². The number of aryl methyl sites for hydroxylation is 1. The Morgan fingerprint density at radius 2 is 2.03 bits per heavy atom. The van der Waals surface area contributed by atoms with Crippen molar-refractivity contribution in [1.29, 1.82) is 0 Å². The van der Waals surface area contributed by atoms with Gasteiger partial charge in [0.15, 0.2) is 12.4 Å². The molecule has 4 rings (SSSR count). The summed E-state index contributed by atoms with van der Waals surface area (Å²) < 4.78 is 11.5. The number of thiazole rings is 1. The number of ether oxygens (including phenoxy) is 1. The van der Waals surface area contributed by atoms with Crippen LogP contribution in [-0.4, -0.2) is 28.6 Å². The summed E-state index contributed by atoms with van der Waals surface area (Å²) >= 11 is 1.62. The van der Waals surface area contributed by atoms with Gasteiger partial charge in [-0.15, -0.1) is 11.3 Å². The highest BCUT2D eigenvalue weighted by atomic mass is 32.1. The highest BCUT2D eigenvalue weighted by Gasteiger charge is 2.42. The van der Waals surface area contributed by atoms with E-state index < -0.39 is 11.3 Å². The van der Waals surface area contributed by atoms with E-state index in [0.717, 1.165) is 47.3 Å². The average molecular weight is 413 g/mol. The predicted molar refractivity (Wildman–Crippen MR) is 110 cm³/mol. The number of aromatic nitrogens is 2. The van der Waals surface area contributed by atoms with E-state index in [-0.39, 0.29) is 12.6 Å². The minimum absolute atomic E-state index is 0.311. The van der Waals surface area contributed by atoms with Gasteiger partial charge in [-0.25, -0.2) is 4.98 Å². The van der Waals surface area contributed by atoms with Gasteiger partial charge in [-0.05, 0) is 31.9 Å². The van der Waals surface area contributed by atoms with Crippen molar-refractivity contribution < 1.29 is 18.8 Å². The lowest BCUT2D eigenvalue weighted by molar-refractivity contribution is -0.160. The molecule has 0 radical (unpaired) electrons. The van der Waals surface area contributed by atoms with E-state index in [0.29, 0.717) is 18.0 Å². The molecule has 0 bridgehead atoms. The van der Waals surface area contributed by atoms with Crippen LogP contribution in [0.4, 0.5) is 5.82 Å². The van der Waals surface area contributed by atoms with Crippen LogP contribution in [0.1, 0.15) is 42.9 Å². The monoisotopic (exact) mass is 413 g/mol. The van der Waals surface area contributed by atoms with Gasteiger partial charge in [0, 0.05) is 12.5 Å². The van der Waals surface area contributed by atoms with Gasteiger partial charge in [0.25, 0.3) is 5.91 Å². The van der Waals surface area contributed by atoms with Gasteiger partial charge < -0.3 is 14.6 Å². The summed E-state index contributed by atoms with van der Waals surface area (Å²) in [6, 6.07) is 9.58. The molecule has 0 atom stereocenters. The van der Waals surface area contributed by atoms with E-state index in [4.69, 9.17) is 14.2 Å². The zero-order chi connectivity index (χ0) is 20.3. The van der Waals surface area contributed by atoms with Gasteiger partial charge in [-0.1, -0.05) is 36.6 Å². The number of anilines is 1. The van der Waals surface area contributed by atoms with Crippen molar-refractivity contribution in [1.82, 2.24) is 10.1 Å². The number of rotatable bonds is 6. The van der Waals surface area contributed by atoms with Gasteiger partial charge in [-0.2, -0.15) is 0 Å². The van der Waals surface area contributed by atoms with Crippen molar-refractivity contribution in [3.05, 3.63) is 41.1 Å². The third-order valence-electron chi connectivity index (χ3n) is 5.30. The van der Waals surface area contributed by atoms with Crippen molar-refractivity contribution in [3.8, 4) is 0 Å². The Bertz CT molecular complexity index is 987. The second kappa shape index (κ2) is 8.32. The summed E-state index contributed by atoms with van der Waals surface area (Å²) in [5, 5.41) is 7.22. The normalized spacial score (nSPS) is 15.9. The lowest BCUT2D eigenvalue weighted by atomic mass is 9.72. The smallest absolute Gasteiger partial charge is 0.313 e. The Labute approximate surface area is 172 Å². The molecule has 1 amide bonds. The number of nitrogens with zero attached hydrogens (tertiary/aromatic N) is 2. The average Bonchev–Trinajstić information content (AvgIpc) is 3.31. The molecule has 0 aliphatic heterocycles. The lowest BCUT2D eigenvalue weighted by Gasteiger charge is -2.34. The van der Waals surface area contributed by atoms with Crippen LogP contribution in [0.5, 0.6) is 0 Å². The number of para-hydroxylation sites is 1. The van der Waals surface area contributed by atoms with Crippen molar-refractivity contribution in [2.45, 2.75) is 45.4 Å². The zero-order valence-corrected chi connectivity index (χ0v) is 17.1. The van der Waals surface area contributed by atoms with Crippen molar-refractivity contribution in [3.63, 3.8) is 0 Å². The number of benzene rings is 1. The molecule has 7 nitrogen and oxygen atoms in total. The number of nitrogens with one attached hydrogen (secondary N) is 1. The summed E-state index contributed by atoms with van der Waals surface area (Å²) in [6.07, 6.45) is 5.13. The molecule has 1 fully saturated rings.